The zero-order chi connectivity index (χ0) is 22.7. The highest BCUT2D eigenvalue weighted by Crippen LogP contribution is 2.48. The van der Waals surface area contributed by atoms with Crippen molar-refractivity contribution in [1.82, 2.24) is 0 Å². The van der Waals surface area contributed by atoms with Gasteiger partial charge in [0.15, 0.2) is 5.78 Å². The Balaban J connectivity index is 0.000000858. The number of aliphatic hydroxyl groups is 1. The summed E-state index contributed by atoms with van der Waals surface area (Å²) in [5.41, 5.74) is 10.6. The number of rotatable bonds is 2. The fourth-order valence-corrected chi connectivity index (χ4v) is 5.45. The second-order valence-corrected chi connectivity index (χ2v) is 9.85. The lowest BCUT2D eigenvalue weighted by atomic mass is 9.75. The van der Waals surface area contributed by atoms with E-state index in [0.717, 1.165) is 44.7 Å². The number of nitriles is 1. The van der Waals surface area contributed by atoms with E-state index in [1.165, 1.54) is 4.88 Å². The van der Waals surface area contributed by atoms with Crippen molar-refractivity contribution in [3.63, 3.8) is 0 Å². The molecule has 1 aliphatic carbocycles. The van der Waals surface area contributed by atoms with Crippen LogP contribution < -0.4 is 10.6 Å². The largest absolute Gasteiger partial charge is 0.397 e. The van der Waals surface area contributed by atoms with Gasteiger partial charge in [0.1, 0.15) is 5.82 Å². The summed E-state index contributed by atoms with van der Waals surface area (Å²) in [7, 11) is 0. The molecule has 0 saturated heterocycles. The third-order valence-electron chi connectivity index (χ3n) is 5.39. The van der Waals surface area contributed by atoms with E-state index in [1.54, 1.807) is 18.3 Å². The summed E-state index contributed by atoms with van der Waals surface area (Å²) in [6.45, 7) is 6.03. The van der Waals surface area contributed by atoms with Crippen LogP contribution in [-0.2, 0) is 4.79 Å². The quantitative estimate of drug-likeness (QED) is 0.574. The summed E-state index contributed by atoms with van der Waals surface area (Å²) in [5.74, 6) is 0.174. The third kappa shape index (κ3) is 4.47. The van der Waals surface area contributed by atoms with Crippen molar-refractivity contribution in [1.29, 1.82) is 5.26 Å². The number of ketones is 1. The number of nitrogens with two attached hydrogens (primary N) is 1. The number of aliphatic hydroxyl groups excluding tert-OH is 1. The summed E-state index contributed by atoms with van der Waals surface area (Å²) < 4.78 is 0.965. The molecule has 0 bridgehead atoms. The first-order valence-electron chi connectivity index (χ1n) is 10.2. The van der Waals surface area contributed by atoms with E-state index in [0.29, 0.717) is 17.8 Å². The lowest BCUT2D eigenvalue weighted by molar-refractivity contribution is -0.116. The second kappa shape index (κ2) is 9.82. The summed E-state index contributed by atoms with van der Waals surface area (Å²) in [5, 5.41) is 17.6. The van der Waals surface area contributed by atoms with Crippen molar-refractivity contribution in [2.24, 2.45) is 5.73 Å². The minimum atomic E-state index is -0.371. The third-order valence-corrected chi connectivity index (χ3v) is 6.90. The molecule has 0 spiro atoms. The van der Waals surface area contributed by atoms with E-state index in [9.17, 15) is 10.1 Å². The normalized spacial score (nSPS) is 18.4. The average molecular weight is 500 g/mol. The summed E-state index contributed by atoms with van der Waals surface area (Å²) in [4.78, 5) is 17.3. The van der Waals surface area contributed by atoms with Crippen LogP contribution in [0.2, 0.25) is 0 Å². The Kier molecular flexibility index (Phi) is 7.37. The molecule has 2 aromatic rings. The highest BCUT2D eigenvalue weighted by atomic mass is 79.9. The van der Waals surface area contributed by atoms with E-state index in [4.69, 9.17) is 10.8 Å². The number of carbonyl (C=O) groups is 1. The van der Waals surface area contributed by atoms with E-state index in [-0.39, 0.29) is 18.3 Å². The molecule has 1 unspecified atom stereocenters. The maximum absolute atomic E-state index is 13.1. The predicted octanol–water partition coefficient (Wildman–Crippen LogP) is 5.43. The SMILES string of the molecule is CCO.Cc1cc(C2C(C#N)=C(N)N(c3ccc(Br)cc3)C3=C2C(=O)CCC3)c(C)s1. The van der Waals surface area contributed by atoms with Crippen molar-refractivity contribution in [2.45, 2.75) is 46.0 Å². The van der Waals surface area contributed by atoms with Crippen molar-refractivity contribution in [3.8, 4) is 6.07 Å². The smallest absolute Gasteiger partial charge is 0.161 e. The van der Waals surface area contributed by atoms with Crippen LogP contribution in [-0.4, -0.2) is 17.5 Å². The van der Waals surface area contributed by atoms with Gasteiger partial charge in [-0.1, -0.05) is 15.9 Å². The second-order valence-electron chi connectivity index (χ2n) is 7.48. The van der Waals surface area contributed by atoms with Crippen molar-refractivity contribution in [2.75, 3.05) is 11.5 Å². The first-order chi connectivity index (χ1) is 14.8. The molecule has 0 radical (unpaired) electrons. The van der Waals surface area contributed by atoms with Gasteiger partial charge in [-0.3, -0.25) is 9.69 Å². The standard InChI is InChI=1S/C22H20BrN3OS.C2H6O/c1-12-10-16(13(2)28-12)20-17(11-24)22(25)26(15-8-6-14(23)7-9-15)18-4-3-5-19(27)21(18)20;1-2-3/h6-10,20H,3-5,25H2,1-2H3;3H,2H2,1H3. The van der Waals surface area contributed by atoms with Gasteiger partial charge in [0, 0.05) is 44.2 Å². The summed E-state index contributed by atoms with van der Waals surface area (Å²) >= 11 is 5.15. The number of thiophene rings is 1. The lowest BCUT2D eigenvalue weighted by Crippen LogP contribution is -2.38. The molecule has 3 N–H and O–H groups in total. The molecule has 0 amide bonds. The average Bonchev–Trinajstić information content (AvgIpc) is 3.06. The van der Waals surface area contributed by atoms with Gasteiger partial charge in [0.05, 0.1) is 17.6 Å². The zero-order valence-electron chi connectivity index (χ0n) is 17.9. The molecule has 7 heteroatoms. The number of allylic oxidation sites excluding steroid dienone is 3. The van der Waals surface area contributed by atoms with Gasteiger partial charge in [-0.2, -0.15) is 5.26 Å². The number of aryl methyl sites for hydroxylation is 2. The monoisotopic (exact) mass is 499 g/mol. The molecule has 31 heavy (non-hydrogen) atoms. The number of hydrogen-bond donors (Lipinski definition) is 2. The van der Waals surface area contributed by atoms with Crippen LogP contribution in [0.1, 0.15) is 47.4 Å². The van der Waals surface area contributed by atoms with Crippen LogP contribution >= 0.6 is 27.3 Å². The molecule has 1 aliphatic heterocycles. The molecule has 1 atom stereocenters. The Morgan fingerprint density at radius 2 is 1.94 bits per heavy atom. The molecular formula is C24H26BrN3O2S. The van der Waals surface area contributed by atoms with Crippen LogP contribution in [0.4, 0.5) is 5.69 Å². The van der Waals surface area contributed by atoms with E-state index in [1.807, 2.05) is 36.1 Å². The van der Waals surface area contributed by atoms with Crippen LogP contribution in [0, 0.1) is 25.2 Å². The highest BCUT2D eigenvalue weighted by Gasteiger charge is 2.41. The predicted molar refractivity (Wildman–Crippen MR) is 129 cm³/mol. The first-order valence-corrected chi connectivity index (χ1v) is 11.8. The maximum Gasteiger partial charge on any atom is 0.161 e. The van der Waals surface area contributed by atoms with Crippen LogP contribution in [0.25, 0.3) is 0 Å². The molecule has 5 nitrogen and oxygen atoms in total. The van der Waals surface area contributed by atoms with Gasteiger partial charge in [-0.05, 0) is 69.5 Å². The number of Topliss-reactive ketones (excluding diaryl/α,β-unsaturated/α-hetero) is 1. The molecule has 2 heterocycles. The molecule has 162 valence electrons. The number of nitrogens with zero attached hydrogens (tertiary/aromatic N) is 2. The first kappa shape index (κ1) is 23.3. The Labute approximate surface area is 195 Å². The number of halogens is 1. The van der Waals surface area contributed by atoms with Crippen LogP contribution in [0.15, 0.2) is 57.5 Å². The Morgan fingerprint density at radius 3 is 2.48 bits per heavy atom. The van der Waals surface area contributed by atoms with Crippen LogP contribution in [0.3, 0.4) is 0 Å². The van der Waals surface area contributed by atoms with E-state index < -0.39 is 0 Å². The molecular weight excluding hydrogens is 474 g/mol. The summed E-state index contributed by atoms with van der Waals surface area (Å²) in [6, 6.07) is 12.2. The van der Waals surface area contributed by atoms with Gasteiger partial charge in [0.25, 0.3) is 0 Å². The van der Waals surface area contributed by atoms with Crippen molar-refractivity contribution < 1.29 is 9.90 Å². The minimum absolute atomic E-state index is 0.122. The van der Waals surface area contributed by atoms with Crippen LogP contribution in [0.5, 0.6) is 0 Å². The Hall–Kier alpha value is -2.40. The van der Waals surface area contributed by atoms with Crippen molar-refractivity contribution in [3.05, 3.63) is 72.8 Å². The van der Waals surface area contributed by atoms with Crippen molar-refractivity contribution >= 4 is 38.7 Å². The molecule has 0 fully saturated rings. The topological polar surface area (TPSA) is 90.3 Å². The minimum Gasteiger partial charge on any atom is -0.397 e. The van der Waals surface area contributed by atoms with Gasteiger partial charge < -0.3 is 10.8 Å². The number of hydrogen-bond acceptors (Lipinski definition) is 6. The number of carbonyl (C=O) groups excluding carboxylic acids is 1. The van der Waals surface area contributed by atoms with Gasteiger partial charge in [-0.15, -0.1) is 11.3 Å². The van der Waals surface area contributed by atoms with E-state index >= 15 is 0 Å². The fourth-order valence-electron chi connectivity index (χ4n) is 4.22. The number of benzene rings is 1. The Bertz CT molecular complexity index is 1090. The van der Waals surface area contributed by atoms with Gasteiger partial charge in [-0.25, -0.2) is 0 Å². The Morgan fingerprint density at radius 1 is 1.29 bits per heavy atom. The van der Waals surface area contributed by atoms with Gasteiger partial charge >= 0.3 is 0 Å². The maximum atomic E-state index is 13.1. The highest BCUT2D eigenvalue weighted by molar-refractivity contribution is 9.10. The fraction of sp³-hybridized carbons (Fsp3) is 0.333. The molecule has 1 aromatic carbocycles. The van der Waals surface area contributed by atoms with Gasteiger partial charge in [0.2, 0.25) is 0 Å². The molecule has 4 rings (SSSR count). The molecule has 2 aliphatic rings. The summed E-state index contributed by atoms with van der Waals surface area (Å²) in [6.07, 6.45) is 2.09. The number of anilines is 1. The zero-order valence-corrected chi connectivity index (χ0v) is 20.3. The molecule has 0 saturated carbocycles. The molecule has 1 aromatic heterocycles. The van der Waals surface area contributed by atoms with E-state index in [2.05, 4.69) is 35.0 Å². The lowest BCUT2D eigenvalue weighted by Gasteiger charge is -2.39.